The molecule has 1 aliphatic carbocycles. The fourth-order valence-electron chi connectivity index (χ4n) is 2.72. The first-order chi connectivity index (χ1) is 4.70. The van der Waals surface area contributed by atoms with Crippen LogP contribution < -0.4 is 0 Å². The van der Waals surface area contributed by atoms with Gasteiger partial charge in [-0.05, 0) is 31.2 Å². The van der Waals surface area contributed by atoms with Gasteiger partial charge in [0.15, 0.2) is 0 Å². The van der Waals surface area contributed by atoms with Crippen molar-refractivity contribution in [3.8, 4) is 0 Å². The zero-order valence-corrected chi connectivity index (χ0v) is 7.17. The Hall–Kier alpha value is -0.0400. The van der Waals surface area contributed by atoms with Crippen LogP contribution in [-0.2, 0) is 0 Å². The van der Waals surface area contributed by atoms with Gasteiger partial charge in [0.2, 0.25) is 0 Å². The Kier molecular flexibility index (Phi) is 1.31. The summed E-state index contributed by atoms with van der Waals surface area (Å²) >= 11 is 0. The maximum atomic E-state index is 2.55. The topological polar surface area (TPSA) is 3.24 Å². The van der Waals surface area contributed by atoms with Crippen LogP contribution in [0.4, 0.5) is 0 Å². The minimum absolute atomic E-state index is 0.863. The van der Waals surface area contributed by atoms with E-state index >= 15 is 0 Å². The van der Waals surface area contributed by atoms with Crippen LogP contribution in [0, 0.1) is 17.8 Å². The Labute approximate surface area is 63.4 Å². The van der Waals surface area contributed by atoms with Gasteiger partial charge in [0.25, 0.3) is 0 Å². The molecular weight excluding hydrogens is 122 g/mol. The van der Waals surface area contributed by atoms with E-state index in [0.29, 0.717) is 0 Å². The van der Waals surface area contributed by atoms with Gasteiger partial charge in [0.1, 0.15) is 0 Å². The highest BCUT2D eigenvalue weighted by Crippen LogP contribution is 2.50. The van der Waals surface area contributed by atoms with Crippen LogP contribution in [0.3, 0.4) is 0 Å². The molecule has 0 N–H and O–H groups in total. The summed E-state index contributed by atoms with van der Waals surface area (Å²) in [5.41, 5.74) is 0. The number of likely N-dealkylation sites (tertiary alicyclic amines) is 1. The first-order valence-electron chi connectivity index (χ1n) is 4.40. The molecule has 0 aromatic rings. The summed E-state index contributed by atoms with van der Waals surface area (Å²) in [5, 5.41) is 0. The quantitative estimate of drug-likeness (QED) is 0.533. The predicted octanol–water partition coefficient (Wildman–Crippen LogP) is 1.59. The van der Waals surface area contributed by atoms with Gasteiger partial charge >= 0.3 is 0 Å². The summed E-state index contributed by atoms with van der Waals surface area (Å²) in [5.74, 6) is 3.02. The molecule has 0 radical (unpaired) electrons. The molecule has 2 rings (SSSR count). The number of fused-ring (bicyclic) bond motifs is 1. The molecule has 3 atom stereocenters. The molecule has 0 bridgehead atoms. The molecule has 1 heteroatoms. The molecule has 0 aromatic carbocycles. The van der Waals surface area contributed by atoms with Crippen molar-refractivity contribution in [2.45, 2.75) is 26.3 Å². The lowest BCUT2D eigenvalue weighted by Crippen LogP contribution is -2.33. The molecule has 0 spiro atoms. The van der Waals surface area contributed by atoms with Crippen molar-refractivity contribution in [3.05, 3.63) is 0 Å². The molecule has 1 saturated carbocycles. The van der Waals surface area contributed by atoms with Crippen LogP contribution in [0.5, 0.6) is 0 Å². The summed E-state index contributed by atoms with van der Waals surface area (Å²) in [6, 6.07) is 0.907. The summed E-state index contributed by atoms with van der Waals surface area (Å²) in [4.78, 5) is 2.55. The molecule has 0 amide bonds. The SMILES string of the molecule is CC(C)C1C2CC2CN1C. The Morgan fingerprint density at radius 3 is 2.40 bits per heavy atom. The van der Waals surface area contributed by atoms with Crippen LogP contribution in [0.1, 0.15) is 20.3 Å². The summed E-state index contributed by atoms with van der Waals surface area (Å²) in [6.07, 6.45) is 1.52. The molecule has 10 heavy (non-hydrogen) atoms. The van der Waals surface area contributed by atoms with Gasteiger partial charge in [0.05, 0.1) is 0 Å². The largest absolute Gasteiger partial charge is 0.303 e. The Morgan fingerprint density at radius 2 is 2.10 bits per heavy atom. The summed E-state index contributed by atoms with van der Waals surface area (Å²) < 4.78 is 0. The highest BCUT2D eigenvalue weighted by molar-refractivity contribution is 5.03. The lowest BCUT2D eigenvalue weighted by molar-refractivity contribution is 0.214. The number of piperidine rings is 1. The molecule has 2 fully saturated rings. The van der Waals surface area contributed by atoms with E-state index < -0.39 is 0 Å². The zero-order chi connectivity index (χ0) is 7.30. The van der Waals surface area contributed by atoms with E-state index in [1.54, 1.807) is 0 Å². The Balaban J connectivity index is 2.05. The second-order valence-electron chi connectivity index (χ2n) is 4.33. The summed E-state index contributed by atoms with van der Waals surface area (Å²) in [6.45, 7) is 6.07. The van der Waals surface area contributed by atoms with Crippen LogP contribution in [0.15, 0.2) is 0 Å². The number of hydrogen-bond donors (Lipinski definition) is 0. The van der Waals surface area contributed by atoms with Gasteiger partial charge in [-0.25, -0.2) is 0 Å². The van der Waals surface area contributed by atoms with Crippen molar-refractivity contribution in [2.24, 2.45) is 17.8 Å². The highest BCUT2D eigenvalue weighted by Gasteiger charge is 2.51. The molecule has 1 heterocycles. The predicted molar refractivity (Wildman–Crippen MR) is 42.9 cm³/mol. The maximum Gasteiger partial charge on any atom is 0.0147 e. The van der Waals surface area contributed by atoms with Crippen LogP contribution in [0.2, 0.25) is 0 Å². The second kappa shape index (κ2) is 1.97. The molecule has 1 nitrogen and oxygen atoms in total. The van der Waals surface area contributed by atoms with Gasteiger partial charge in [-0.2, -0.15) is 0 Å². The fraction of sp³-hybridized carbons (Fsp3) is 1.00. The first kappa shape index (κ1) is 6.66. The molecule has 2 aliphatic rings. The number of hydrogen-bond acceptors (Lipinski definition) is 1. The van der Waals surface area contributed by atoms with E-state index in [-0.39, 0.29) is 0 Å². The van der Waals surface area contributed by atoms with Gasteiger partial charge in [-0.15, -0.1) is 0 Å². The van der Waals surface area contributed by atoms with E-state index in [2.05, 4.69) is 25.8 Å². The fourth-order valence-corrected chi connectivity index (χ4v) is 2.72. The molecular formula is C9H17N. The molecule has 3 unspecified atom stereocenters. The Morgan fingerprint density at radius 1 is 1.40 bits per heavy atom. The van der Waals surface area contributed by atoms with E-state index in [9.17, 15) is 0 Å². The van der Waals surface area contributed by atoms with Crippen LogP contribution in [0.25, 0.3) is 0 Å². The van der Waals surface area contributed by atoms with E-state index in [0.717, 1.165) is 23.8 Å². The average Bonchev–Trinajstić information content (AvgIpc) is 2.42. The first-order valence-corrected chi connectivity index (χ1v) is 4.40. The minimum atomic E-state index is 0.863. The molecule has 1 saturated heterocycles. The number of nitrogens with zero attached hydrogens (tertiary/aromatic N) is 1. The van der Waals surface area contributed by atoms with Crippen molar-refractivity contribution in [2.75, 3.05) is 13.6 Å². The van der Waals surface area contributed by atoms with Crippen molar-refractivity contribution in [1.82, 2.24) is 4.90 Å². The van der Waals surface area contributed by atoms with Gasteiger partial charge in [-0.1, -0.05) is 13.8 Å². The van der Waals surface area contributed by atoms with Gasteiger partial charge in [0, 0.05) is 12.6 Å². The number of rotatable bonds is 1. The minimum Gasteiger partial charge on any atom is -0.303 e. The standard InChI is InChI=1S/C9H17N/c1-6(2)9-8-4-7(8)5-10(9)3/h6-9H,4-5H2,1-3H3. The van der Waals surface area contributed by atoms with Crippen molar-refractivity contribution >= 4 is 0 Å². The van der Waals surface area contributed by atoms with Crippen molar-refractivity contribution in [3.63, 3.8) is 0 Å². The van der Waals surface area contributed by atoms with Crippen LogP contribution in [-0.4, -0.2) is 24.5 Å². The summed E-state index contributed by atoms with van der Waals surface area (Å²) in [7, 11) is 2.27. The second-order valence-corrected chi connectivity index (χ2v) is 4.33. The monoisotopic (exact) mass is 139 g/mol. The van der Waals surface area contributed by atoms with Crippen molar-refractivity contribution in [1.29, 1.82) is 0 Å². The maximum absolute atomic E-state index is 2.55. The average molecular weight is 139 g/mol. The lowest BCUT2D eigenvalue weighted by Gasteiger charge is -2.26. The third-order valence-corrected chi connectivity index (χ3v) is 3.13. The third kappa shape index (κ3) is 0.800. The van der Waals surface area contributed by atoms with Gasteiger partial charge in [-0.3, -0.25) is 0 Å². The van der Waals surface area contributed by atoms with E-state index in [4.69, 9.17) is 0 Å². The lowest BCUT2D eigenvalue weighted by atomic mass is 10.0. The smallest absolute Gasteiger partial charge is 0.0147 e. The molecule has 1 aliphatic heterocycles. The third-order valence-electron chi connectivity index (χ3n) is 3.13. The normalized spacial score (nSPS) is 46.2. The zero-order valence-electron chi connectivity index (χ0n) is 7.17. The highest BCUT2D eigenvalue weighted by atomic mass is 15.2. The molecule has 58 valence electrons. The van der Waals surface area contributed by atoms with Gasteiger partial charge < -0.3 is 4.90 Å². The van der Waals surface area contributed by atoms with Crippen LogP contribution >= 0.6 is 0 Å². The molecule has 0 aromatic heterocycles. The van der Waals surface area contributed by atoms with Crippen molar-refractivity contribution < 1.29 is 0 Å². The van der Waals surface area contributed by atoms with E-state index in [1.165, 1.54) is 13.0 Å². The van der Waals surface area contributed by atoms with E-state index in [1.807, 2.05) is 0 Å². The Bertz CT molecular complexity index is 140.